The maximum atomic E-state index is 10.9. The maximum absolute atomic E-state index is 10.9. The molecule has 0 spiro atoms. The number of oxazole rings is 1. The van der Waals surface area contributed by atoms with Crippen LogP contribution in [0.3, 0.4) is 0 Å². The van der Waals surface area contributed by atoms with Gasteiger partial charge in [-0.25, -0.2) is 4.79 Å². The van der Waals surface area contributed by atoms with Crippen molar-refractivity contribution in [2.45, 2.75) is 25.3 Å². The van der Waals surface area contributed by atoms with E-state index in [1.807, 2.05) is 0 Å². The van der Waals surface area contributed by atoms with Crippen molar-refractivity contribution in [1.29, 1.82) is 0 Å². The number of carboxylic acids is 1. The second kappa shape index (κ2) is 3.73. The van der Waals surface area contributed by atoms with Crippen molar-refractivity contribution in [2.75, 3.05) is 11.4 Å². The number of carbonyl (C=O) groups is 1. The molecule has 98 valence electrons. The molecule has 4 rings (SSSR count). The van der Waals surface area contributed by atoms with E-state index in [-0.39, 0.29) is 5.56 Å². The van der Waals surface area contributed by atoms with Gasteiger partial charge in [0.15, 0.2) is 5.58 Å². The van der Waals surface area contributed by atoms with E-state index >= 15 is 0 Å². The Morgan fingerprint density at radius 1 is 1.42 bits per heavy atom. The second-order valence-corrected chi connectivity index (χ2v) is 5.47. The highest BCUT2D eigenvalue weighted by Crippen LogP contribution is 2.40. The lowest BCUT2D eigenvalue weighted by Gasteiger charge is -2.24. The summed E-state index contributed by atoms with van der Waals surface area (Å²) in [4.78, 5) is 17.7. The third-order valence-corrected chi connectivity index (χ3v) is 4.28. The fourth-order valence-electron chi connectivity index (χ4n) is 3.33. The van der Waals surface area contributed by atoms with Crippen LogP contribution < -0.4 is 4.90 Å². The Balaban J connectivity index is 1.73. The average molecular weight is 258 g/mol. The molecule has 1 saturated heterocycles. The fraction of sp³-hybridized carbons (Fsp3) is 0.429. The van der Waals surface area contributed by atoms with Crippen LogP contribution in [0, 0.1) is 5.92 Å². The summed E-state index contributed by atoms with van der Waals surface area (Å²) in [5.41, 5.74) is 1.51. The third-order valence-electron chi connectivity index (χ3n) is 4.28. The van der Waals surface area contributed by atoms with Gasteiger partial charge in [-0.1, -0.05) is 0 Å². The van der Waals surface area contributed by atoms with Crippen molar-refractivity contribution >= 4 is 23.1 Å². The molecule has 2 unspecified atom stereocenters. The summed E-state index contributed by atoms with van der Waals surface area (Å²) >= 11 is 0. The minimum absolute atomic E-state index is 0.234. The number of fused-ring (bicyclic) bond motifs is 3. The van der Waals surface area contributed by atoms with Crippen LogP contribution in [0.1, 0.15) is 29.6 Å². The van der Waals surface area contributed by atoms with Crippen LogP contribution in [-0.4, -0.2) is 28.6 Å². The first-order valence-corrected chi connectivity index (χ1v) is 6.61. The molecule has 19 heavy (non-hydrogen) atoms. The Hall–Kier alpha value is -2.04. The van der Waals surface area contributed by atoms with Crippen molar-refractivity contribution in [3.05, 3.63) is 23.8 Å². The quantitative estimate of drug-likeness (QED) is 0.896. The molecule has 2 heterocycles. The van der Waals surface area contributed by atoms with Crippen LogP contribution in [-0.2, 0) is 0 Å². The standard InChI is InChI=1S/C14H14N2O3/c17-13(18)9-2-4-11-12(6-9)19-14(15-11)16-7-8-1-3-10(16)5-8/h2,4,6,8,10H,1,3,5,7H2,(H,17,18). The zero-order valence-electron chi connectivity index (χ0n) is 10.4. The zero-order chi connectivity index (χ0) is 13.0. The number of rotatable bonds is 2. The minimum atomic E-state index is -0.944. The summed E-state index contributed by atoms with van der Waals surface area (Å²) in [5, 5.41) is 8.98. The molecule has 1 aliphatic heterocycles. The number of piperidine rings is 1. The van der Waals surface area contributed by atoms with E-state index in [0.717, 1.165) is 18.0 Å². The van der Waals surface area contributed by atoms with E-state index in [9.17, 15) is 4.79 Å². The van der Waals surface area contributed by atoms with Crippen LogP contribution >= 0.6 is 0 Å². The first-order valence-electron chi connectivity index (χ1n) is 6.61. The number of aromatic carboxylic acids is 1. The number of hydrogen-bond donors (Lipinski definition) is 1. The van der Waals surface area contributed by atoms with E-state index in [4.69, 9.17) is 9.52 Å². The number of hydrogen-bond acceptors (Lipinski definition) is 4. The van der Waals surface area contributed by atoms with E-state index in [2.05, 4.69) is 9.88 Å². The van der Waals surface area contributed by atoms with E-state index in [1.54, 1.807) is 18.2 Å². The highest BCUT2D eigenvalue weighted by Gasteiger charge is 2.39. The highest BCUT2D eigenvalue weighted by molar-refractivity contribution is 5.92. The van der Waals surface area contributed by atoms with Crippen LogP contribution in [0.25, 0.3) is 11.1 Å². The molecule has 1 N–H and O–H groups in total. The first kappa shape index (κ1) is 10.8. The van der Waals surface area contributed by atoms with Gasteiger partial charge >= 0.3 is 5.97 Å². The van der Waals surface area contributed by atoms with Crippen molar-refractivity contribution < 1.29 is 14.3 Å². The second-order valence-electron chi connectivity index (χ2n) is 5.47. The number of aromatic nitrogens is 1. The summed E-state index contributed by atoms with van der Waals surface area (Å²) in [7, 11) is 0. The molecular formula is C14H14N2O3. The molecular weight excluding hydrogens is 244 g/mol. The average Bonchev–Trinajstić information content (AvgIpc) is 3.11. The molecule has 0 radical (unpaired) electrons. The zero-order valence-corrected chi connectivity index (χ0v) is 10.4. The molecule has 5 nitrogen and oxygen atoms in total. The van der Waals surface area contributed by atoms with Gasteiger partial charge in [0.1, 0.15) is 5.52 Å². The van der Waals surface area contributed by atoms with Gasteiger partial charge in [-0.2, -0.15) is 4.98 Å². The van der Waals surface area contributed by atoms with Crippen LogP contribution in [0.5, 0.6) is 0 Å². The van der Waals surface area contributed by atoms with Gasteiger partial charge in [0.25, 0.3) is 6.01 Å². The maximum Gasteiger partial charge on any atom is 0.335 e. The van der Waals surface area contributed by atoms with Gasteiger partial charge in [0.05, 0.1) is 5.56 Å². The number of nitrogens with zero attached hydrogens (tertiary/aromatic N) is 2. The van der Waals surface area contributed by atoms with Crippen LogP contribution in [0.4, 0.5) is 6.01 Å². The molecule has 1 aromatic carbocycles. The fourth-order valence-corrected chi connectivity index (χ4v) is 3.33. The lowest BCUT2D eigenvalue weighted by Crippen LogP contribution is -2.31. The van der Waals surface area contributed by atoms with Crippen molar-refractivity contribution in [3.8, 4) is 0 Å². The SMILES string of the molecule is O=C(O)c1ccc2nc(N3CC4CCC3C4)oc2c1. The van der Waals surface area contributed by atoms with Crippen molar-refractivity contribution in [1.82, 2.24) is 4.98 Å². The van der Waals surface area contributed by atoms with E-state index < -0.39 is 5.97 Å². The molecule has 1 aromatic heterocycles. The number of carboxylic acid groups (broad SMARTS) is 1. The summed E-state index contributed by atoms with van der Waals surface area (Å²) in [5.74, 6) is -0.172. The van der Waals surface area contributed by atoms with Gasteiger partial charge in [-0.15, -0.1) is 0 Å². The van der Waals surface area contributed by atoms with E-state index in [1.165, 1.54) is 19.3 Å². The van der Waals surface area contributed by atoms with Gasteiger partial charge in [-0.3, -0.25) is 0 Å². The Morgan fingerprint density at radius 3 is 3.00 bits per heavy atom. The molecule has 2 aliphatic rings. The predicted octanol–water partition coefficient (Wildman–Crippen LogP) is 2.51. The summed E-state index contributed by atoms with van der Waals surface area (Å²) in [6.07, 6.45) is 3.76. The van der Waals surface area contributed by atoms with Crippen molar-refractivity contribution in [3.63, 3.8) is 0 Å². The summed E-state index contributed by atoms with van der Waals surface area (Å²) in [6, 6.07) is 6.01. The van der Waals surface area contributed by atoms with Gasteiger partial charge in [-0.05, 0) is 43.4 Å². The molecule has 2 fully saturated rings. The Bertz CT molecular complexity index is 664. The Kier molecular flexibility index (Phi) is 2.13. The van der Waals surface area contributed by atoms with E-state index in [0.29, 0.717) is 17.6 Å². The van der Waals surface area contributed by atoms with Gasteiger partial charge in [0, 0.05) is 12.6 Å². The highest BCUT2D eigenvalue weighted by atomic mass is 16.4. The molecule has 1 saturated carbocycles. The summed E-state index contributed by atoms with van der Waals surface area (Å²) < 4.78 is 5.75. The first-order chi connectivity index (χ1) is 9.20. The lowest BCUT2D eigenvalue weighted by molar-refractivity contribution is 0.0697. The molecule has 0 amide bonds. The van der Waals surface area contributed by atoms with Crippen LogP contribution in [0.15, 0.2) is 22.6 Å². The Labute approximate surface area is 109 Å². The molecule has 2 aromatic rings. The molecule has 2 bridgehead atoms. The van der Waals surface area contributed by atoms with Gasteiger partial charge in [0.2, 0.25) is 0 Å². The van der Waals surface area contributed by atoms with Crippen LogP contribution in [0.2, 0.25) is 0 Å². The Morgan fingerprint density at radius 2 is 2.32 bits per heavy atom. The summed E-state index contributed by atoms with van der Waals surface area (Å²) in [6.45, 7) is 1.02. The topological polar surface area (TPSA) is 66.6 Å². The predicted molar refractivity (Wildman–Crippen MR) is 69.4 cm³/mol. The smallest absolute Gasteiger partial charge is 0.335 e. The third kappa shape index (κ3) is 1.61. The van der Waals surface area contributed by atoms with Gasteiger partial charge < -0.3 is 14.4 Å². The lowest BCUT2D eigenvalue weighted by atomic mass is 10.1. The number of anilines is 1. The monoisotopic (exact) mass is 258 g/mol. The number of benzene rings is 1. The normalized spacial score (nSPS) is 25.4. The largest absolute Gasteiger partial charge is 0.478 e. The molecule has 2 atom stereocenters. The van der Waals surface area contributed by atoms with Crippen molar-refractivity contribution in [2.24, 2.45) is 5.92 Å². The molecule has 1 aliphatic carbocycles. The molecule has 5 heteroatoms. The minimum Gasteiger partial charge on any atom is -0.478 e.